The van der Waals surface area contributed by atoms with Crippen molar-refractivity contribution in [3.05, 3.63) is 40.6 Å². The van der Waals surface area contributed by atoms with Crippen LogP contribution in [0.1, 0.15) is 9.67 Å². The minimum absolute atomic E-state index is 0.0719. The zero-order chi connectivity index (χ0) is 15.0. The number of ether oxygens (including phenoxy) is 1. The lowest BCUT2D eigenvalue weighted by Crippen LogP contribution is -2.49. The number of rotatable bonds is 2. The Hall–Kier alpha value is -2.54. The molecule has 108 valence electrons. The molecule has 4 N–H and O–H groups in total. The van der Waals surface area contributed by atoms with E-state index in [9.17, 15) is 9.59 Å². The molecule has 21 heavy (non-hydrogen) atoms. The molecule has 0 radical (unpaired) electrons. The summed E-state index contributed by atoms with van der Waals surface area (Å²) < 4.78 is 5.53. The number of nitrogens with two attached hydrogens (primary N) is 2. The van der Waals surface area contributed by atoms with E-state index in [-0.39, 0.29) is 12.5 Å². The molecule has 1 aliphatic heterocycles. The van der Waals surface area contributed by atoms with Gasteiger partial charge in [-0.25, -0.2) is 0 Å². The normalized spacial score (nSPS) is 17.0. The molecule has 0 aliphatic carbocycles. The van der Waals surface area contributed by atoms with Crippen LogP contribution in [-0.2, 0) is 4.79 Å². The zero-order valence-corrected chi connectivity index (χ0v) is 11.8. The lowest BCUT2D eigenvalue weighted by Gasteiger charge is -2.33. The van der Waals surface area contributed by atoms with E-state index in [2.05, 4.69) is 0 Å². The predicted octanol–water partition coefficient (Wildman–Crippen LogP) is 1.22. The molecule has 1 aromatic heterocycles. The van der Waals surface area contributed by atoms with E-state index < -0.39 is 12.0 Å². The van der Waals surface area contributed by atoms with Crippen molar-refractivity contribution >= 4 is 34.5 Å². The van der Waals surface area contributed by atoms with Crippen molar-refractivity contribution in [3.8, 4) is 5.75 Å². The van der Waals surface area contributed by atoms with E-state index in [4.69, 9.17) is 16.2 Å². The van der Waals surface area contributed by atoms with Gasteiger partial charge in [-0.3, -0.25) is 14.5 Å². The number of carbonyl (C=O) groups excluding carboxylic acids is 2. The number of fused-ring (bicyclic) bond motifs is 1. The first-order valence-electron chi connectivity index (χ1n) is 6.27. The van der Waals surface area contributed by atoms with Gasteiger partial charge in [0.05, 0.1) is 17.9 Å². The Labute approximate surface area is 124 Å². The van der Waals surface area contributed by atoms with E-state index in [0.717, 1.165) is 0 Å². The van der Waals surface area contributed by atoms with Gasteiger partial charge >= 0.3 is 0 Å². The number of nitrogen functional groups attached to an aromatic ring is 1. The van der Waals surface area contributed by atoms with Crippen molar-refractivity contribution < 1.29 is 14.3 Å². The van der Waals surface area contributed by atoms with Crippen LogP contribution in [0.15, 0.2) is 35.7 Å². The maximum atomic E-state index is 12.7. The van der Waals surface area contributed by atoms with E-state index in [1.807, 2.05) is 0 Å². The Morgan fingerprint density at radius 1 is 1.29 bits per heavy atom. The molecule has 7 heteroatoms. The number of benzene rings is 1. The summed E-state index contributed by atoms with van der Waals surface area (Å²) in [4.78, 5) is 26.0. The summed E-state index contributed by atoms with van der Waals surface area (Å²) in [7, 11) is 0. The van der Waals surface area contributed by atoms with Crippen LogP contribution in [0.25, 0.3) is 0 Å². The van der Waals surface area contributed by atoms with E-state index in [1.165, 1.54) is 16.2 Å². The number of primary amides is 1. The molecule has 1 aliphatic rings. The second kappa shape index (κ2) is 5.10. The third-order valence-electron chi connectivity index (χ3n) is 3.23. The molecule has 3 rings (SSSR count). The standard InChI is InChI=1S/C14H13N3O3S/c15-8-5-6-21-12(8)14(19)17-7-11(13(16)18)20-10-4-2-1-3-9(10)17/h1-6,11H,7,15H2,(H2,16,18). The topological polar surface area (TPSA) is 98.7 Å². The van der Waals surface area contributed by atoms with Crippen LogP contribution in [0, 0.1) is 0 Å². The van der Waals surface area contributed by atoms with Crippen molar-refractivity contribution in [2.75, 3.05) is 17.2 Å². The zero-order valence-electron chi connectivity index (χ0n) is 11.0. The summed E-state index contributed by atoms with van der Waals surface area (Å²) in [6.45, 7) is 0.0719. The molecule has 2 heterocycles. The summed E-state index contributed by atoms with van der Waals surface area (Å²) in [5, 5.41) is 1.75. The second-order valence-corrected chi connectivity index (χ2v) is 5.51. The van der Waals surface area contributed by atoms with Crippen LogP contribution in [0.5, 0.6) is 5.75 Å². The van der Waals surface area contributed by atoms with Gasteiger partial charge in [0.15, 0.2) is 6.10 Å². The van der Waals surface area contributed by atoms with Gasteiger partial charge < -0.3 is 16.2 Å². The van der Waals surface area contributed by atoms with Crippen LogP contribution in [-0.4, -0.2) is 24.5 Å². The minimum Gasteiger partial charge on any atom is -0.477 e. The number of para-hydroxylation sites is 2. The van der Waals surface area contributed by atoms with Crippen LogP contribution in [0.2, 0.25) is 0 Å². The van der Waals surface area contributed by atoms with Gasteiger partial charge in [0.25, 0.3) is 11.8 Å². The Kier molecular flexibility index (Phi) is 3.26. The quantitative estimate of drug-likeness (QED) is 0.871. The molecule has 1 atom stereocenters. The van der Waals surface area contributed by atoms with Crippen LogP contribution >= 0.6 is 11.3 Å². The molecule has 0 fully saturated rings. The summed E-state index contributed by atoms with van der Waals surface area (Å²) in [5.41, 5.74) is 12.1. The Balaban J connectivity index is 2.02. The highest BCUT2D eigenvalue weighted by atomic mass is 32.1. The van der Waals surface area contributed by atoms with Gasteiger partial charge in [0.2, 0.25) is 0 Å². The number of hydrogen-bond acceptors (Lipinski definition) is 5. The summed E-state index contributed by atoms with van der Waals surface area (Å²) in [6.07, 6.45) is -0.870. The highest BCUT2D eigenvalue weighted by molar-refractivity contribution is 7.12. The number of amides is 2. The Morgan fingerprint density at radius 3 is 2.71 bits per heavy atom. The Morgan fingerprint density at radius 2 is 2.05 bits per heavy atom. The Bertz CT molecular complexity index is 713. The number of hydrogen-bond donors (Lipinski definition) is 2. The fourth-order valence-corrected chi connectivity index (χ4v) is 2.96. The summed E-state index contributed by atoms with van der Waals surface area (Å²) in [6, 6.07) is 8.70. The number of thiophene rings is 1. The molecule has 2 amide bonds. The van der Waals surface area contributed by atoms with Gasteiger partial charge in [0.1, 0.15) is 10.6 Å². The van der Waals surface area contributed by atoms with Gasteiger partial charge in [-0.1, -0.05) is 12.1 Å². The van der Waals surface area contributed by atoms with Crippen molar-refractivity contribution in [3.63, 3.8) is 0 Å². The third kappa shape index (κ3) is 2.31. The van der Waals surface area contributed by atoms with Crippen molar-refractivity contribution in [1.29, 1.82) is 0 Å². The monoisotopic (exact) mass is 303 g/mol. The molecular formula is C14H13N3O3S. The van der Waals surface area contributed by atoms with Crippen molar-refractivity contribution in [1.82, 2.24) is 0 Å². The van der Waals surface area contributed by atoms with Gasteiger partial charge in [-0.2, -0.15) is 0 Å². The van der Waals surface area contributed by atoms with Crippen LogP contribution < -0.4 is 21.1 Å². The van der Waals surface area contributed by atoms with E-state index in [0.29, 0.717) is 22.0 Å². The lowest BCUT2D eigenvalue weighted by molar-refractivity contribution is -0.124. The minimum atomic E-state index is -0.870. The maximum Gasteiger partial charge on any atom is 0.270 e. The average Bonchev–Trinajstić information content (AvgIpc) is 2.91. The van der Waals surface area contributed by atoms with Crippen LogP contribution in [0.3, 0.4) is 0 Å². The summed E-state index contributed by atoms with van der Waals surface area (Å²) >= 11 is 1.26. The summed E-state index contributed by atoms with van der Waals surface area (Å²) in [5.74, 6) is -0.415. The van der Waals surface area contributed by atoms with Gasteiger partial charge in [-0.05, 0) is 23.6 Å². The molecule has 0 saturated heterocycles. The van der Waals surface area contributed by atoms with E-state index in [1.54, 1.807) is 35.7 Å². The van der Waals surface area contributed by atoms with Crippen molar-refractivity contribution in [2.24, 2.45) is 5.73 Å². The first-order chi connectivity index (χ1) is 10.1. The second-order valence-electron chi connectivity index (χ2n) is 4.60. The number of carbonyl (C=O) groups is 2. The molecular weight excluding hydrogens is 290 g/mol. The SMILES string of the molecule is NC(=O)C1CN(C(=O)c2sccc2N)c2ccccc2O1. The molecule has 1 aromatic carbocycles. The van der Waals surface area contributed by atoms with Gasteiger partial charge in [-0.15, -0.1) is 11.3 Å². The number of anilines is 2. The molecule has 2 aromatic rings. The predicted molar refractivity (Wildman–Crippen MR) is 80.5 cm³/mol. The average molecular weight is 303 g/mol. The number of nitrogens with zero attached hydrogens (tertiary/aromatic N) is 1. The highest BCUT2D eigenvalue weighted by Crippen LogP contribution is 2.35. The van der Waals surface area contributed by atoms with Gasteiger partial charge in [0, 0.05) is 0 Å². The smallest absolute Gasteiger partial charge is 0.270 e. The fraction of sp³-hybridized carbons (Fsp3) is 0.143. The third-order valence-corrected chi connectivity index (χ3v) is 4.14. The first-order valence-corrected chi connectivity index (χ1v) is 7.15. The molecule has 6 nitrogen and oxygen atoms in total. The van der Waals surface area contributed by atoms with Crippen LogP contribution in [0.4, 0.5) is 11.4 Å². The largest absolute Gasteiger partial charge is 0.477 e. The lowest BCUT2D eigenvalue weighted by atomic mass is 10.1. The molecule has 0 saturated carbocycles. The molecule has 0 spiro atoms. The maximum absolute atomic E-state index is 12.7. The first kappa shape index (κ1) is 13.4. The van der Waals surface area contributed by atoms with Crippen molar-refractivity contribution in [2.45, 2.75) is 6.10 Å². The van der Waals surface area contributed by atoms with E-state index >= 15 is 0 Å². The molecule has 0 bridgehead atoms. The molecule has 1 unspecified atom stereocenters. The highest BCUT2D eigenvalue weighted by Gasteiger charge is 2.33. The fourth-order valence-electron chi connectivity index (χ4n) is 2.19.